The molecule has 1 aromatic heterocycles. The molecule has 0 bridgehead atoms. The van der Waals surface area contributed by atoms with E-state index in [1.165, 1.54) is 32.1 Å². The topological polar surface area (TPSA) is 48.7 Å². The van der Waals surface area contributed by atoms with Gasteiger partial charge >= 0.3 is 0 Å². The molecule has 2 rings (SSSR count). The summed E-state index contributed by atoms with van der Waals surface area (Å²) < 4.78 is 0.316. The minimum absolute atomic E-state index is 0.316. The predicted octanol–water partition coefficient (Wildman–Crippen LogP) is 3.74. The van der Waals surface area contributed by atoms with Crippen molar-refractivity contribution in [2.45, 2.75) is 43.8 Å². The Balaban J connectivity index is 2.10. The molecule has 1 aliphatic rings. The van der Waals surface area contributed by atoms with Gasteiger partial charge in [-0.15, -0.1) is 0 Å². The molecular formula is C15H21N3S. The molecule has 1 saturated carbocycles. The Morgan fingerprint density at radius 3 is 2.79 bits per heavy atom. The summed E-state index contributed by atoms with van der Waals surface area (Å²) in [7, 11) is 0. The largest absolute Gasteiger partial charge is 0.368 e. The lowest BCUT2D eigenvalue weighted by atomic mass is 9.88. The molecule has 0 amide bonds. The Bertz CT molecular complexity index is 473. The van der Waals surface area contributed by atoms with Crippen LogP contribution in [0.2, 0.25) is 0 Å². The van der Waals surface area contributed by atoms with Crippen molar-refractivity contribution in [3.8, 4) is 6.07 Å². The molecule has 102 valence electrons. The van der Waals surface area contributed by atoms with Crippen LogP contribution in [0.25, 0.3) is 0 Å². The van der Waals surface area contributed by atoms with Gasteiger partial charge in [0.25, 0.3) is 0 Å². The first kappa shape index (κ1) is 14.2. The highest BCUT2D eigenvalue weighted by Gasteiger charge is 2.31. The molecule has 1 N–H and O–H groups in total. The number of hydrogen-bond donors (Lipinski definition) is 1. The van der Waals surface area contributed by atoms with Crippen molar-refractivity contribution < 1.29 is 0 Å². The van der Waals surface area contributed by atoms with Crippen LogP contribution >= 0.6 is 11.8 Å². The highest BCUT2D eigenvalue weighted by atomic mass is 32.2. The van der Waals surface area contributed by atoms with Gasteiger partial charge in [0.15, 0.2) is 0 Å². The molecule has 0 spiro atoms. The van der Waals surface area contributed by atoms with Crippen molar-refractivity contribution in [2.75, 3.05) is 18.1 Å². The van der Waals surface area contributed by atoms with Crippen molar-refractivity contribution in [3.05, 3.63) is 23.4 Å². The Morgan fingerprint density at radius 1 is 1.42 bits per heavy atom. The number of nitrogens with zero attached hydrogens (tertiary/aromatic N) is 2. The molecule has 0 atom stereocenters. The van der Waals surface area contributed by atoms with E-state index in [1.807, 2.05) is 24.8 Å². The molecule has 0 aliphatic heterocycles. The van der Waals surface area contributed by atoms with Crippen LogP contribution in [0.15, 0.2) is 12.3 Å². The molecule has 0 aromatic carbocycles. The molecule has 19 heavy (non-hydrogen) atoms. The van der Waals surface area contributed by atoms with E-state index in [0.717, 1.165) is 17.9 Å². The van der Waals surface area contributed by atoms with E-state index >= 15 is 0 Å². The molecule has 3 nitrogen and oxygen atoms in total. The van der Waals surface area contributed by atoms with Crippen LogP contribution in [-0.4, -0.2) is 22.5 Å². The second-order valence-corrected chi connectivity index (χ2v) is 6.54. The van der Waals surface area contributed by atoms with Gasteiger partial charge in [0.2, 0.25) is 0 Å². The van der Waals surface area contributed by atoms with Crippen LogP contribution in [0.4, 0.5) is 5.82 Å². The smallest absolute Gasteiger partial charge is 0.144 e. The van der Waals surface area contributed by atoms with E-state index in [1.54, 1.807) is 6.20 Å². The SMILES string of the molecule is CSC1(CNc2nccc(C)c2C#N)CCCCC1. The number of pyridine rings is 1. The molecule has 1 fully saturated rings. The number of anilines is 1. The van der Waals surface area contributed by atoms with Gasteiger partial charge in [-0.05, 0) is 37.7 Å². The van der Waals surface area contributed by atoms with Gasteiger partial charge in [0, 0.05) is 17.5 Å². The highest BCUT2D eigenvalue weighted by molar-refractivity contribution is 8.00. The Morgan fingerprint density at radius 2 is 2.16 bits per heavy atom. The lowest BCUT2D eigenvalue weighted by Gasteiger charge is -2.36. The van der Waals surface area contributed by atoms with E-state index < -0.39 is 0 Å². The fourth-order valence-electron chi connectivity index (χ4n) is 2.73. The Kier molecular flexibility index (Phi) is 4.71. The lowest BCUT2D eigenvalue weighted by Crippen LogP contribution is -2.35. The molecule has 0 unspecified atom stereocenters. The van der Waals surface area contributed by atoms with E-state index in [0.29, 0.717) is 10.3 Å². The molecule has 0 saturated heterocycles. The third kappa shape index (κ3) is 3.22. The summed E-state index contributed by atoms with van der Waals surface area (Å²) in [5.74, 6) is 0.737. The van der Waals surface area contributed by atoms with Gasteiger partial charge in [0.1, 0.15) is 11.9 Å². The quantitative estimate of drug-likeness (QED) is 0.909. The minimum atomic E-state index is 0.316. The zero-order valence-corrected chi connectivity index (χ0v) is 12.5. The number of aromatic nitrogens is 1. The first-order valence-electron chi connectivity index (χ1n) is 6.85. The van der Waals surface area contributed by atoms with Crippen molar-refractivity contribution in [1.29, 1.82) is 5.26 Å². The van der Waals surface area contributed by atoms with Gasteiger partial charge < -0.3 is 5.32 Å². The molecule has 1 heterocycles. The van der Waals surface area contributed by atoms with E-state index in [2.05, 4.69) is 22.6 Å². The van der Waals surface area contributed by atoms with Crippen LogP contribution in [0.5, 0.6) is 0 Å². The summed E-state index contributed by atoms with van der Waals surface area (Å²) in [6.45, 7) is 2.86. The van der Waals surface area contributed by atoms with Crippen molar-refractivity contribution >= 4 is 17.6 Å². The third-order valence-electron chi connectivity index (χ3n) is 4.05. The van der Waals surface area contributed by atoms with Crippen molar-refractivity contribution in [1.82, 2.24) is 4.98 Å². The van der Waals surface area contributed by atoms with Crippen molar-refractivity contribution in [2.24, 2.45) is 0 Å². The summed E-state index contributed by atoms with van der Waals surface area (Å²) in [5.41, 5.74) is 1.66. The van der Waals surface area contributed by atoms with E-state index in [4.69, 9.17) is 0 Å². The lowest BCUT2D eigenvalue weighted by molar-refractivity contribution is 0.411. The summed E-state index contributed by atoms with van der Waals surface area (Å²) in [5, 5.41) is 12.6. The Hall–Kier alpha value is -1.21. The third-order valence-corrected chi connectivity index (χ3v) is 5.47. The molecule has 0 radical (unpaired) electrons. The van der Waals surface area contributed by atoms with Crippen LogP contribution in [0.1, 0.15) is 43.2 Å². The number of nitrogens with one attached hydrogen (secondary N) is 1. The number of aryl methyl sites for hydroxylation is 1. The van der Waals surface area contributed by atoms with Gasteiger partial charge in [-0.3, -0.25) is 0 Å². The maximum absolute atomic E-state index is 9.22. The van der Waals surface area contributed by atoms with Crippen molar-refractivity contribution in [3.63, 3.8) is 0 Å². The predicted molar refractivity (Wildman–Crippen MR) is 81.5 cm³/mol. The number of hydrogen-bond acceptors (Lipinski definition) is 4. The summed E-state index contributed by atoms with van der Waals surface area (Å²) in [6.07, 6.45) is 10.5. The van der Waals surface area contributed by atoms with Gasteiger partial charge in [0.05, 0.1) is 5.56 Å². The average molecular weight is 275 g/mol. The van der Waals surface area contributed by atoms with Crippen LogP contribution in [0, 0.1) is 18.3 Å². The van der Waals surface area contributed by atoms with Gasteiger partial charge in [-0.2, -0.15) is 17.0 Å². The second kappa shape index (κ2) is 6.29. The summed E-state index contributed by atoms with van der Waals surface area (Å²) >= 11 is 1.96. The molecular weight excluding hydrogens is 254 g/mol. The Labute approximate surface area is 119 Å². The monoisotopic (exact) mass is 275 g/mol. The minimum Gasteiger partial charge on any atom is -0.368 e. The number of nitriles is 1. The normalized spacial score (nSPS) is 17.7. The summed E-state index contributed by atoms with van der Waals surface area (Å²) in [6, 6.07) is 4.13. The highest BCUT2D eigenvalue weighted by Crippen LogP contribution is 2.38. The standard InChI is InChI=1S/C15H21N3S/c1-12-6-9-17-14(13(12)10-16)18-11-15(19-2)7-4-3-5-8-15/h6,9H,3-5,7-8,11H2,1-2H3,(H,17,18). The zero-order valence-electron chi connectivity index (χ0n) is 11.7. The fraction of sp³-hybridized carbons (Fsp3) is 0.600. The first-order chi connectivity index (χ1) is 9.21. The van der Waals surface area contributed by atoms with E-state index in [-0.39, 0.29) is 0 Å². The fourth-order valence-corrected chi connectivity index (χ4v) is 3.64. The number of thioether (sulfide) groups is 1. The molecule has 1 aromatic rings. The van der Waals surface area contributed by atoms with E-state index in [9.17, 15) is 5.26 Å². The average Bonchev–Trinajstić information content (AvgIpc) is 2.46. The molecule has 1 aliphatic carbocycles. The van der Waals surface area contributed by atoms with Gasteiger partial charge in [-0.1, -0.05) is 19.3 Å². The van der Waals surface area contributed by atoms with Crippen LogP contribution in [0.3, 0.4) is 0 Å². The maximum Gasteiger partial charge on any atom is 0.144 e. The molecule has 4 heteroatoms. The van der Waals surface area contributed by atoms with Gasteiger partial charge in [-0.25, -0.2) is 4.98 Å². The number of rotatable bonds is 4. The zero-order chi connectivity index (χ0) is 13.7. The van der Waals surface area contributed by atoms with Crippen LogP contribution < -0.4 is 5.32 Å². The van der Waals surface area contributed by atoms with Crippen LogP contribution in [-0.2, 0) is 0 Å². The first-order valence-corrected chi connectivity index (χ1v) is 8.08. The summed E-state index contributed by atoms with van der Waals surface area (Å²) in [4.78, 5) is 4.32. The maximum atomic E-state index is 9.22. The second-order valence-electron chi connectivity index (χ2n) is 5.26.